The van der Waals surface area contributed by atoms with Gasteiger partial charge in [-0.3, -0.25) is 14.2 Å². The van der Waals surface area contributed by atoms with E-state index < -0.39 is 0 Å². The van der Waals surface area contributed by atoms with Crippen molar-refractivity contribution < 1.29 is 4.79 Å². The first kappa shape index (κ1) is 19.3. The van der Waals surface area contributed by atoms with Crippen molar-refractivity contribution in [2.45, 2.75) is 5.16 Å². The molecule has 0 saturated heterocycles. The van der Waals surface area contributed by atoms with Crippen LogP contribution in [-0.4, -0.2) is 27.8 Å². The molecule has 0 bridgehead atoms. The first-order valence-corrected chi connectivity index (χ1v) is 9.55. The SMILES string of the molecule is C#CCNC(=O)CSc1nc2cc(Cl)ccc2c(=O)n1-c1ccc(Cl)cc1. The third-order valence-electron chi connectivity index (χ3n) is 3.61. The second-order valence-corrected chi connectivity index (χ2v) is 7.26. The predicted octanol–water partition coefficient (Wildman–Crippen LogP) is 3.53. The van der Waals surface area contributed by atoms with Gasteiger partial charge in [0, 0.05) is 10.0 Å². The number of terminal acetylenes is 1. The molecule has 5 nitrogen and oxygen atoms in total. The van der Waals surface area contributed by atoms with Crippen LogP contribution in [0.2, 0.25) is 10.0 Å². The molecule has 0 aliphatic heterocycles. The van der Waals surface area contributed by atoms with Gasteiger partial charge >= 0.3 is 0 Å². The summed E-state index contributed by atoms with van der Waals surface area (Å²) in [7, 11) is 0. The Morgan fingerprint density at radius 1 is 1.19 bits per heavy atom. The molecule has 1 aromatic heterocycles. The average Bonchev–Trinajstić information content (AvgIpc) is 2.65. The van der Waals surface area contributed by atoms with Crippen molar-refractivity contribution in [1.29, 1.82) is 0 Å². The van der Waals surface area contributed by atoms with Gasteiger partial charge in [0.2, 0.25) is 5.91 Å². The average molecular weight is 418 g/mol. The van der Waals surface area contributed by atoms with Crippen molar-refractivity contribution in [3.8, 4) is 18.0 Å². The highest BCUT2D eigenvalue weighted by molar-refractivity contribution is 7.99. The van der Waals surface area contributed by atoms with Crippen molar-refractivity contribution in [2.75, 3.05) is 12.3 Å². The Bertz CT molecular complexity index is 1100. The van der Waals surface area contributed by atoms with Gasteiger partial charge in [0.15, 0.2) is 5.16 Å². The van der Waals surface area contributed by atoms with Gasteiger partial charge in [0.1, 0.15) is 0 Å². The number of hydrogen-bond acceptors (Lipinski definition) is 4. The Balaban J connectivity index is 2.09. The monoisotopic (exact) mass is 417 g/mol. The zero-order valence-corrected chi connectivity index (χ0v) is 16.2. The molecule has 1 amide bonds. The minimum atomic E-state index is -0.259. The molecule has 0 radical (unpaired) electrons. The van der Waals surface area contributed by atoms with Gasteiger partial charge in [-0.1, -0.05) is 40.9 Å². The van der Waals surface area contributed by atoms with Gasteiger partial charge in [-0.25, -0.2) is 4.98 Å². The van der Waals surface area contributed by atoms with E-state index in [1.54, 1.807) is 42.5 Å². The van der Waals surface area contributed by atoms with Gasteiger partial charge in [0.05, 0.1) is 28.9 Å². The van der Waals surface area contributed by atoms with Crippen molar-refractivity contribution in [3.05, 3.63) is 62.9 Å². The smallest absolute Gasteiger partial charge is 0.266 e. The second kappa shape index (κ2) is 8.49. The summed E-state index contributed by atoms with van der Waals surface area (Å²) in [6.07, 6.45) is 5.14. The summed E-state index contributed by atoms with van der Waals surface area (Å²) in [6.45, 7) is 0.143. The fraction of sp³-hybridized carbons (Fsp3) is 0.105. The molecule has 136 valence electrons. The van der Waals surface area contributed by atoms with Crippen LogP contribution in [0.5, 0.6) is 0 Å². The molecule has 8 heteroatoms. The molecule has 0 atom stereocenters. The zero-order valence-electron chi connectivity index (χ0n) is 13.9. The molecule has 0 unspecified atom stereocenters. The largest absolute Gasteiger partial charge is 0.344 e. The van der Waals surface area contributed by atoms with Crippen LogP contribution in [0.1, 0.15) is 0 Å². The molecule has 1 N–H and O–H groups in total. The molecule has 0 spiro atoms. The topological polar surface area (TPSA) is 64.0 Å². The molecule has 27 heavy (non-hydrogen) atoms. The van der Waals surface area contributed by atoms with Crippen molar-refractivity contribution in [1.82, 2.24) is 14.9 Å². The van der Waals surface area contributed by atoms with E-state index in [1.807, 2.05) is 0 Å². The first-order chi connectivity index (χ1) is 13.0. The lowest BCUT2D eigenvalue weighted by Gasteiger charge is -2.13. The van der Waals surface area contributed by atoms with Crippen molar-refractivity contribution in [3.63, 3.8) is 0 Å². The molecule has 0 aliphatic rings. The highest BCUT2D eigenvalue weighted by Crippen LogP contribution is 2.23. The van der Waals surface area contributed by atoms with E-state index >= 15 is 0 Å². The van der Waals surface area contributed by atoms with E-state index in [9.17, 15) is 9.59 Å². The van der Waals surface area contributed by atoms with Crippen LogP contribution in [0.15, 0.2) is 52.4 Å². The number of fused-ring (bicyclic) bond motifs is 1. The van der Waals surface area contributed by atoms with E-state index in [2.05, 4.69) is 16.2 Å². The Morgan fingerprint density at radius 3 is 2.59 bits per heavy atom. The number of nitrogens with zero attached hydrogens (tertiary/aromatic N) is 2. The minimum Gasteiger partial charge on any atom is -0.344 e. The number of aromatic nitrogens is 2. The third kappa shape index (κ3) is 4.45. The number of hydrogen-bond donors (Lipinski definition) is 1. The van der Waals surface area contributed by atoms with Crippen LogP contribution >= 0.6 is 35.0 Å². The summed E-state index contributed by atoms with van der Waals surface area (Å²) >= 11 is 13.1. The molecule has 3 rings (SSSR count). The molecule has 0 saturated carbocycles. The Hall–Kier alpha value is -2.46. The highest BCUT2D eigenvalue weighted by Gasteiger charge is 2.15. The molecule has 0 aliphatic carbocycles. The van der Waals surface area contributed by atoms with Crippen LogP contribution in [0.3, 0.4) is 0 Å². The Kier molecular flexibility index (Phi) is 6.07. The van der Waals surface area contributed by atoms with Gasteiger partial charge in [-0.2, -0.15) is 0 Å². The summed E-state index contributed by atoms with van der Waals surface area (Å²) in [5.41, 5.74) is 0.801. The standard InChI is InChI=1S/C19H13Cl2N3O2S/c1-2-9-22-17(25)11-27-19-23-16-10-13(21)5-8-15(16)18(26)24(19)14-6-3-12(20)4-7-14/h1,3-8,10H,9,11H2,(H,22,25). The number of halogens is 2. The normalized spacial score (nSPS) is 10.6. The summed E-state index contributed by atoms with van der Waals surface area (Å²) in [5, 5.41) is 4.40. The van der Waals surface area contributed by atoms with E-state index in [0.717, 1.165) is 11.8 Å². The Morgan fingerprint density at radius 2 is 1.89 bits per heavy atom. The van der Waals surface area contributed by atoms with Crippen LogP contribution in [0, 0.1) is 12.3 Å². The van der Waals surface area contributed by atoms with E-state index in [4.69, 9.17) is 29.6 Å². The minimum absolute atomic E-state index is 0.0633. The molecule has 2 aromatic carbocycles. The lowest BCUT2D eigenvalue weighted by atomic mass is 10.2. The lowest BCUT2D eigenvalue weighted by Crippen LogP contribution is -2.26. The first-order valence-electron chi connectivity index (χ1n) is 7.81. The molecular weight excluding hydrogens is 405 g/mol. The number of thioether (sulfide) groups is 1. The maximum atomic E-state index is 13.1. The predicted molar refractivity (Wildman–Crippen MR) is 110 cm³/mol. The maximum absolute atomic E-state index is 13.1. The van der Waals surface area contributed by atoms with Crippen LogP contribution < -0.4 is 10.9 Å². The summed E-state index contributed by atoms with van der Waals surface area (Å²) in [6, 6.07) is 11.7. The lowest BCUT2D eigenvalue weighted by molar-refractivity contribution is -0.118. The quantitative estimate of drug-likeness (QED) is 0.391. The summed E-state index contributed by atoms with van der Waals surface area (Å²) < 4.78 is 1.45. The number of benzene rings is 2. The molecule has 1 heterocycles. The van der Waals surface area contributed by atoms with E-state index in [0.29, 0.717) is 31.8 Å². The number of carbonyl (C=O) groups is 1. The fourth-order valence-corrected chi connectivity index (χ4v) is 3.52. The third-order valence-corrected chi connectivity index (χ3v) is 5.03. The van der Waals surface area contributed by atoms with Crippen LogP contribution in [0.4, 0.5) is 0 Å². The number of carbonyl (C=O) groups excluding carboxylic acids is 1. The van der Waals surface area contributed by atoms with Crippen molar-refractivity contribution in [2.24, 2.45) is 0 Å². The fourth-order valence-electron chi connectivity index (χ4n) is 2.38. The number of nitrogens with one attached hydrogen (secondary N) is 1. The zero-order chi connectivity index (χ0) is 19.4. The van der Waals surface area contributed by atoms with Gasteiger partial charge in [0.25, 0.3) is 5.56 Å². The number of amides is 1. The summed E-state index contributed by atoms with van der Waals surface area (Å²) in [4.78, 5) is 29.5. The van der Waals surface area contributed by atoms with Crippen LogP contribution in [-0.2, 0) is 4.79 Å². The molecule has 3 aromatic rings. The second-order valence-electron chi connectivity index (χ2n) is 5.44. The van der Waals surface area contributed by atoms with Gasteiger partial charge < -0.3 is 5.32 Å². The highest BCUT2D eigenvalue weighted by atomic mass is 35.5. The number of rotatable bonds is 5. The van der Waals surface area contributed by atoms with E-state index in [1.165, 1.54) is 4.57 Å². The Labute approximate surface area is 169 Å². The maximum Gasteiger partial charge on any atom is 0.266 e. The molecular formula is C19H13Cl2N3O2S. The molecule has 0 fully saturated rings. The van der Waals surface area contributed by atoms with E-state index in [-0.39, 0.29) is 23.8 Å². The summed E-state index contributed by atoms with van der Waals surface area (Å²) in [5.74, 6) is 2.15. The van der Waals surface area contributed by atoms with Gasteiger partial charge in [-0.05, 0) is 42.5 Å². The van der Waals surface area contributed by atoms with Gasteiger partial charge in [-0.15, -0.1) is 6.42 Å². The van der Waals surface area contributed by atoms with Crippen LogP contribution in [0.25, 0.3) is 16.6 Å². The van der Waals surface area contributed by atoms with Crippen molar-refractivity contribution >= 4 is 51.8 Å².